The van der Waals surface area contributed by atoms with Crippen molar-refractivity contribution in [1.29, 1.82) is 0 Å². The second-order valence-electron chi connectivity index (χ2n) is 2.41. The first-order chi connectivity index (χ1) is 6.83. The quantitative estimate of drug-likeness (QED) is 0.284. The van der Waals surface area contributed by atoms with E-state index in [2.05, 4.69) is -1.02 Å². The van der Waals surface area contributed by atoms with Gasteiger partial charge in [0.15, 0.2) is 0 Å². The van der Waals surface area contributed by atoms with Crippen LogP contribution in [0.25, 0.3) is 0 Å². The monoisotopic (exact) mass is 1140 g/mol. The molecular formula is O12U4. The van der Waals surface area contributed by atoms with Crippen molar-refractivity contribution in [2.75, 3.05) is 0 Å². The minimum atomic E-state index is -7.02. The fourth-order valence-corrected chi connectivity index (χ4v) is 121. The van der Waals surface area contributed by atoms with E-state index >= 15 is 0 Å². The van der Waals surface area contributed by atoms with Crippen molar-refractivity contribution in [3.63, 3.8) is 0 Å². The van der Waals surface area contributed by atoms with Crippen LogP contribution < -0.4 is 0 Å². The Bertz CT molecular complexity index is 517. The van der Waals surface area contributed by atoms with E-state index in [1.807, 2.05) is 0 Å². The minimum absolute atomic E-state index is 3.36. The van der Waals surface area contributed by atoms with E-state index < -0.39 is 102 Å². The van der Waals surface area contributed by atoms with Crippen molar-refractivity contribution in [2.24, 2.45) is 0 Å². The first-order valence-electron chi connectivity index (χ1n) is 3.27. The molecule has 0 unspecified atom stereocenters. The topological polar surface area (TPSA) is 173 Å². The predicted molar refractivity (Wildman–Crippen MR) is 9.83 cm³/mol. The molecule has 0 radical (unpaired) electrons. The molecule has 0 saturated carbocycles. The molecule has 0 spiro atoms. The molecule has 1 aliphatic heterocycles. The van der Waals surface area contributed by atoms with Gasteiger partial charge in [-0.2, -0.15) is 0 Å². The predicted octanol–water partition coefficient (Wildman–Crippen LogP) is -1.22. The van der Waals surface area contributed by atoms with Crippen LogP contribution in [0, 0.1) is 102 Å². The van der Waals surface area contributed by atoms with Crippen LogP contribution in [-0.2, 0) is 16.9 Å². The van der Waals surface area contributed by atoms with E-state index in [9.17, 15) is 17.9 Å². The summed E-state index contributed by atoms with van der Waals surface area (Å²) in [5, 5.41) is 0. The maximum absolute atomic E-state index is 10.7. The SMILES string of the molecule is [O]=[U]1(=[O])[O][U](=[O])(=[O])[O][U](=[O])(=[O])[O][U](=[O])(=[O])[O]1. The average Bonchev–Trinajstić information content (AvgIpc) is 1.67. The molecule has 0 aromatic carbocycles. The van der Waals surface area contributed by atoms with Crippen LogP contribution in [0.15, 0.2) is 0 Å². The van der Waals surface area contributed by atoms with Crippen molar-refractivity contribution in [3.05, 3.63) is 0 Å². The molecule has 1 rings (SSSR count). The summed E-state index contributed by atoms with van der Waals surface area (Å²) in [6.07, 6.45) is 0. The summed E-state index contributed by atoms with van der Waals surface area (Å²) in [4.78, 5) is 0. The summed E-state index contributed by atoms with van der Waals surface area (Å²) in [7, 11) is 0. The normalized spacial score (nSPS) is 31.0. The molecule has 88 valence electrons. The van der Waals surface area contributed by atoms with E-state index in [1.54, 1.807) is 0 Å². The molecule has 0 bridgehead atoms. The summed E-state index contributed by atoms with van der Waals surface area (Å²) >= 11 is -28.1. The summed E-state index contributed by atoms with van der Waals surface area (Å²) < 4.78 is 99.4. The summed E-state index contributed by atoms with van der Waals surface area (Å²) in [6.45, 7) is 0. The molecule has 1 fully saturated rings. The Kier molecular flexibility index (Phi) is 5.25. The summed E-state index contributed by atoms with van der Waals surface area (Å²) in [5.74, 6) is 0. The third-order valence-electron chi connectivity index (χ3n) is 1.000. The first kappa shape index (κ1) is 16.5. The summed E-state index contributed by atoms with van der Waals surface area (Å²) in [6, 6.07) is 0. The van der Waals surface area contributed by atoms with Gasteiger partial charge in [-0.15, -0.1) is 0 Å². The van der Waals surface area contributed by atoms with Crippen molar-refractivity contribution in [3.8, 4) is 0 Å². The third kappa shape index (κ3) is 5.61. The zero-order chi connectivity index (χ0) is 12.8. The number of hydrogen-bond acceptors (Lipinski definition) is 12. The van der Waals surface area contributed by atoms with Crippen LogP contribution in [0.2, 0.25) is 0 Å². The van der Waals surface area contributed by atoms with Gasteiger partial charge in [-0.05, 0) is 0 Å². The molecule has 0 atom stereocenters. The molecule has 16 heteroatoms. The van der Waals surface area contributed by atoms with Gasteiger partial charge in [0.2, 0.25) is 0 Å². The Morgan fingerprint density at radius 2 is 0.500 bits per heavy atom. The Balaban J connectivity index is 3.40. The average molecular weight is 1140 g/mol. The van der Waals surface area contributed by atoms with Gasteiger partial charge in [-0.1, -0.05) is 0 Å². The zero-order valence-corrected chi connectivity index (χ0v) is 23.6. The summed E-state index contributed by atoms with van der Waals surface area (Å²) in [5.41, 5.74) is 0. The fraction of sp³-hybridized carbons (Fsp3) is 0. The van der Waals surface area contributed by atoms with Gasteiger partial charge >= 0.3 is 119 Å². The standard InChI is InChI=1S/12O.4U. The molecule has 0 aromatic rings. The van der Waals surface area contributed by atoms with Crippen LogP contribution in [-0.4, -0.2) is 0 Å². The second-order valence-corrected chi connectivity index (χ2v) is 54.2. The molecule has 12 nitrogen and oxygen atoms in total. The first-order valence-corrected chi connectivity index (χ1v) is 30.5. The molecule has 1 heterocycles. The van der Waals surface area contributed by atoms with Crippen LogP contribution in [0.5, 0.6) is 0 Å². The number of rotatable bonds is 0. The maximum atomic E-state index is 10.7. The van der Waals surface area contributed by atoms with Crippen LogP contribution in [0.3, 0.4) is 0 Å². The molecule has 0 amide bonds. The van der Waals surface area contributed by atoms with Crippen molar-refractivity contribution in [1.82, 2.24) is 0 Å². The molecular weight excluding hydrogens is 1140 g/mol. The van der Waals surface area contributed by atoms with Gasteiger partial charge in [-0.25, -0.2) is 0 Å². The van der Waals surface area contributed by atoms with Crippen molar-refractivity contribution in [2.45, 2.75) is 0 Å². The van der Waals surface area contributed by atoms with Crippen LogP contribution in [0.1, 0.15) is 0 Å². The van der Waals surface area contributed by atoms with Crippen molar-refractivity contribution < 1.29 is 119 Å². The van der Waals surface area contributed by atoms with Gasteiger partial charge < -0.3 is 0 Å². The van der Waals surface area contributed by atoms with E-state index in [4.69, 9.17) is 0 Å². The second kappa shape index (κ2) is 5.09. The molecule has 0 aliphatic carbocycles. The molecule has 0 N–H and O–H groups in total. The number of hydrogen-bond donors (Lipinski definition) is 0. The molecule has 0 aromatic heterocycles. The van der Waals surface area contributed by atoms with Crippen molar-refractivity contribution >= 4 is 0 Å². The third-order valence-corrected chi connectivity index (χ3v) is 87.0. The Morgan fingerprint density at radius 3 is 0.625 bits per heavy atom. The van der Waals surface area contributed by atoms with Crippen LogP contribution in [0.4, 0.5) is 0 Å². The van der Waals surface area contributed by atoms with Gasteiger partial charge in [0.05, 0.1) is 0 Å². The molecule has 1 saturated heterocycles. The van der Waals surface area contributed by atoms with Gasteiger partial charge in [0.1, 0.15) is 0 Å². The molecule has 16 heavy (non-hydrogen) atoms. The zero-order valence-electron chi connectivity index (χ0n) is 6.90. The van der Waals surface area contributed by atoms with Crippen LogP contribution >= 0.6 is 0 Å². The van der Waals surface area contributed by atoms with E-state index in [0.717, 1.165) is 0 Å². The van der Waals surface area contributed by atoms with Gasteiger partial charge in [0, 0.05) is 0 Å². The Labute approximate surface area is 115 Å². The van der Waals surface area contributed by atoms with Gasteiger partial charge in [-0.3, -0.25) is 0 Å². The Hall–Kier alpha value is 2.45. The molecule has 1 aliphatic rings. The van der Waals surface area contributed by atoms with E-state index in [-0.39, 0.29) is 0 Å². The van der Waals surface area contributed by atoms with E-state index in [1.165, 1.54) is 0 Å². The fourth-order valence-electron chi connectivity index (χ4n) is 0.696. The van der Waals surface area contributed by atoms with E-state index in [0.29, 0.717) is 0 Å². The van der Waals surface area contributed by atoms with Gasteiger partial charge in [0.25, 0.3) is 0 Å². The Morgan fingerprint density at radius 1 is 0.375 bits per heavy atom.